The van der Waals surface area contributed by atoms with Gasteiger partial charge in [-0.15, -0.1) is 0 Å². The Hall–Kier alpha value is -4.46. The summed E-state index contributed by atoms with van der Waals surface area (Å²) >= 11 is 0. The first-order chi connectivity index (χ1) is 18.5. The molecule has 3 atom stereocenters. The van der Waals surface area contributed by atoms with Crippen molar-refractivity contribution >= 4 is 29.3 Å². The van der Waals surface area contributed by atoms with E-state index in [0.29, 0.717) is 25.1 Å². The van der Waals surface area contributed by atoms with Gasteiger partial charge in [-0.05, 0) is 35.6 Å². The van der Waals surface area contributed by atoms with Crippen molar-refractivity contribution in [3.63, 3.8) is 0 Å². The first kappa shape index (κ1) is 25.2. The zero-order chi connectivity index (χ0) is 26.5. The molecule has 0 aliphatic carbocycles. The number of hydrogen-bond acceptors (Lipinski definition) is 4. The first-order valence-corrected chi connectivity index (χ1v) is 12.8. The molecule has 0 spiro atoms. The number of anilines is 1. The van der Waals surface area contributed by atoms with E-state index < -0.39 is 18.0 Å². The molecule has 0 radical (unpaired) electrons. The van der Waals surface area contributed by atoms with Crippen molar-refractivity contribution in [1.29, 1.82) is 0 Å². The molecule has 3 aromatic carbocycles. The van der Waals surface area contributed by atoms with Crippen LogP contribution in [0, 0.1) is 0 Å². The van der Waals surface area contributed by atoms with E-state index in [9.17, 15) is 19.2 Å². The number of rotatable bonds is 7. The van der Waals surface area contributed by atoms with E-state index in [1.807, 2.05) is 84.9 Å². The maximum atomic E-state index is 14.2. The Morgan fingerprint density at radius 1 is 0.895 bits per heavy atom. The van der Waals surface area contributed by atoms with Gasteiger partial charge in [0.2, 0.25) is 17.7 Å². The summed E-state index contributed by atoms with van der Waals surface area (Å²) in [7, 11) is 0. The summed E-state index contributed by atoms with van der Waals surface area (Å²) < 4.78 is 0. The van der Waals surface area contributed by atoms with Crippen molar-refractivity contribution < 1.29 is 19.2 Å². The van der Waals surface area contributed by atoms with E-state index in [4.69, 9.17) is 0 Å². The molecule has 8 heteroatoms. The summed E-state index contributed by atoms with van der Waals surface area (Å²) in [5.74, 6) is -1.60. The highest BCUT2D eigenvalue weighted by atomic mass is 16.2. The van der Waals surface area contributed by atoms with Crippen LogP contribution in [-0.2, 0) is 32.1 Å². The van der Waals surface area contributed by atoms with Crippen LogP contribution in [0.4, 0.5) is 5.69 Å². The highest BCUT2D eigenvalue weighted by molar-refractivity contribution is 6.05. The summed E-state index contributed by atoms with van der Waals surface area (Å²) in [6.07, 6.45) is 1.15. The van der Waals surface area contributed by atoms with Crippen LogP contribution in [0.15, 0.2) is 84.9 Å². The van der Waals surface area contributed by atoms with Crippen LogP contribution in [0.1, 0.15) is 35.4 Å². The third kappa shape index (κ3) is 5.59. The number of carbonyl (C=O) groups is 4. The van der Waals surface area contributed by atoms with Gasteiger partial charge >= 0.3 is 0 Å². The van der Waals surface area contributed by atoms with Gasteiger partial charge in [-0.3, -0.25) is 19.2 Å². The molecule has 3 aromatic rings. The minimum absolute atomic E-state index is 0.180. The molecule has 0 saturated carbocycles. The monoisotopic (exact) mass is 510 g/mol. The Kier molecular flexibility index (Phi) is 7.49. The largest absolute Gasteiger partial charge is 0.350 e. The van der Waals surface area contributed by atoms with Crippen LogP contribution in [-0.4, -0.2) is 42.3 Å². The fourth-order valence-corrected chi connectivity index (χ4v) is 5.16. The molecule has 0 bridgehead atoms. The number of benzene rings is 3. The van der Waals surface area contributed by atoms with Gasteiger partial charge in [0.15, 0.2) is 0 Å². The molecule has 8 nitrogen and oxygen atoms in total. The predicted molar refractivity (Wildman–Crippen MR) is 143 cm³/mol. The predicted octanol–water partition coefficient (Wildman–Crippen LogP) is 2.44. The first-order valence-electron chi connectivity index (χ1n) is 12.8. The van der Waals surface area contributed by atoms with Crippen LogP contribution >= 0.6 is 0 Å². The van der Waals surface area contributed by atoms with Gasteiger partial charge in [-0.25, -0.2) is 0 Å². The SMILES string of the molecule is O=C(CN1C(=O)[C@H](NC(=O)[C@@H]2CCC(=O)N2)[C@H](c2ccccc2)Cc2ccccc21)NCc1ccccc1. The Balaban J connectivity index is 1.44. The second-order valence-corrected chi connectivity index (χ2v) is 9.68. The molecule has 38 heavy (non-hydrogen) atoms. The molecule has 4 amide bonds. The molecular formula is C30H30N4O4. The topological polar surface area (TPSA) is 108 Å². The summed E-state index contributed by atoms with van der Waals surface area (Å²) in [6.45, 7) is 0.161. The lowest BCUT2D eigenvalue weighted by molar-refractivity contribution is -0.130. The third-order valence-corrected chi connectivity index (χ3v) is 7.13. The number of para-hydroxylation sites is 1. The van der Waals surface area contributed by atoms with Gasteiger partial charge in [0.1, 0.15) is 18.6 Å². The number of amides is 4. The molecule has 0 aromatic heterocycles. The number of nitrogens with zero attached hydrogens (tertiary/aromatic N) is 1. The van der Waals surface area contributed by atoms with E-state index >= 15 is 0 Å². The fourth-order valence-electron chi connectivity index (χ4n) is 5.16. The normalized spacial score (nSPS) is 20.7. The highest BCUT2D eigenvalue weighted by Gasteiger charge is 2.41. The minimum Gasteiger partial charge on any atom is -0.350 e. The third-order valence-electron chi connectivity index (χ3n) is 7.13. The Morgan fingerprint density at radius 3 is 2.29 bits per heavy atom. The zero-order valence-corrected chi connectivity index (χ0v) is 20.9. The molecular weight excluding hydrogens is 480 g/mol. The van der Waals surface area contributed by atoms with Crippen molar-refractivity contribution in [2.24, 2.45) is 0 Å². The van der Waals surface area contributed by atoms with Crippen LogP contribution in [0.5, 0.6) is 0 Å². The zero-order valence-electron chi connectivity index (χ0n) is 20.9. The molecule has 5 rings (SSSR count). The summed E-state index contributed by atoms with van der Waals surface area (Å²) in [4.78, 5) is 53.6. The number of hydrogen-bond donors (Lipinski definition) is 3. The van der Waals surface area contributed by atoms with Crippen LogP contribution in [0.2, 0.25) is 0 Å². The second kappa shape index (κ2) is 11.3. The smallest absolute Gasteiger partial charge is 0.250 e. The van der Waals surface area contributed by atoms with Crippen molar-refractivity contribution in [1.82, 2.24) is 16.0 Å². The maximum Gasteiger partial charge on any atom is 0.250 e. The van der Waals surface area contributed by atoms with Gasteiger partial charge in [0.25, 0.3) is 5.91 Å². The van der Waals surface area contributed by atoms with Crippen LogP contribution in [0.3, 0.4) is 0 Å². The molecule has 2 heterocycles. The van der Waals surface area contributed by atoms with E-state index in [1.54, 1.807) is 0 Å². The van der Waals surface area contributed by atoms with Crippen molar-refractivity contribution in [2.45, 2.75) is 43.8 Å². The Bertz CT molecular complexity index is 1330. The van der Waals surface area contributed by atoms with Gasteiger partial charge in [-0.1, -0.05) is 78.9 Å². The van der Waals surface area contributed by atoms with Gasteiger partial charge in [-0.2, -0.15) is 0 Å². The quantitative estimate of drug-likeness (QED) is 0.454. The average Bonchev–Trinajstić information content (AvgIpc) is 3.35. The van der Waals surface area contributed by atoms with E-state index in [0.717, 1.165) is 16.7 Å². The standard InChI is InChI=1S/C30H30N4O4/c35-26-16-15-24(32-26)29(37)33-28-23(21-11-5-2-6-12-21)17-22-13-7-8-14-25(22)34(30(28)38)19-27(36)31-18-20-9-3-1-4-10-20/h1-14,23-24,28H,15-19H2,(H,31,36)(H,32,35)(H,33,37)/t23-,24-,28+/m0/s1. The number of carbonyl (C=O) groups excluding carboxylic acids is 4. The van der Waals surface area contributed by atoms with E-state index in [-0.39, 0.29) is 36.6 Å². The molecule has 1 fully saturated rings. The van der Waals surface area contributed by atoms with Gasteiger partial charge in [0.05, 0.1) is 0 Å². The number of fused-ring (bicyclic) bond motifs is 1. The average molecular weight is 511 g/mol. The Morgan fingerprint density at radius 2 is 1.58 bits per heavy atom. The van der Waals surface area contributed by atoms with Gasteiger partial charge in [0, 0.05) is 24.6 Å². The molecule has 1 saturated heterocycles. The maximum absolute atomic E-state index is 14.2. The van der Waals surface area contributed by atoms with Crippen molar-refractivity contribution in [3.8, 4) is 0 Å². The Labute approximate surface area is 221 Å². The summed E-state index contributed by atoms with van der Waals surface area (Å²) in [6, 6.07) is 25.1. The summed E-state index contributed by atoms with van der Waals surface area (Å²) in [5, 5.41) is 8.52. The lowest BCUT2D eigenvalue weighted by Gasteiger charge is -2.30. The molecule has 2 aliphatic heterocycles. The fraction of sp³-hybridized carbons (Fsp3) is 0.267. The van der Waals surface area contributed by atoms with Crippen molar-refractivity contribution in [3.05, 3.63) is 102 Å². The van der Waals surface area contributed by atoms with Crippen molar-refractivity contribution in [2.75, 3.05) is 11.4 Å². The molecule has 194 valence electrons. The van der Waals surface area contributed by atoms with E-state index in [2.05, 4.69) is 16.0 Å². The lowest BCUT2D eigenvalue weighted by Crippen LogP contribution is -2.55. The second-order valence-electron chi connectivity index (χ2n) is 9.68. The molecule has 3 N–H and O–H groups in total. The minimum atomic E-state index is -0.920. The summed E-state index contributed by atoms with van der Waals surface area (Å²) in [5.41, 5.74) is 3.43. The van der Waals surface area contributed by atoms with E-state index in [1.165, 1.54) is 4.90 Å². The highest BCUT2D eigenvalue weighted by Crippen LogP contribution is 2.35. The van der Waals surface area contributed by atoms with Crippen LogP contribution < -0.4 is 20.9 Å². The van der Waals surface area contributed by atoms with Crippen LogP contribution in [0.25, 0.3) is 0 Å². The number of nitrogens with one attached hydrogen (secondary N) is 3. The lowest BCUT2D eigenvalue weighted by atomic mass is 9.86. The van der Waals surface area contributed by atoms with Gasteiger partial charge < -0.3 is 20.9 Å². The molecule has 2 aliphatic rings. The molecule has 0 unspecified atom stereocenters.